The number of fused-ring (bicyclic) bond motifs is 1. The van der Waals surface area contributed by atoms with Crippen molar-refractivity contribution in [1.29, 1.82) is 0 Å². The number of hydrogen-bond donors (Lipinski definition) is 2. The molecule has 1 aliphatic heterocycles. The van der Waals surface area contributed by atoms with Crippen molar-refractivity contribution in [3.05, 3.63) is 41.3 Å². The highest BCUT2D eigenvalue weighted by atomic mass is 32.1. The Kier molecular flexibility index (Phi) is 3.33. The van der Waals surface area contributed by atoms with E-state index in [1.165, 1.54) is 22.7 Å². The Balaban J connectivity index is 1.54. The number of amides is 1. The zero-order valence-electron chi connectivity index (χ0n) is 11.5. The van der Waals surface area contributed by atoms with Gasteiger partial charge in [0.25, 0.3) is 5.91 Å². The monoisotopic (exact) mass is 331 g/mol. The normalized spacial score (nSPS) is 15.0. The van der Waals surface area contributed by atoms with Crippen molar-refractivity contribution in [2.75, 3.05) is 18.4 Å². The van der Waals surface area contributed by atoms with Gasteiger partial charge in [0, 0.05) is 18.8 Å². The Morgan fingerprint density at radius 3 is 2.73 bits per heavy atom. The van der Waals surface area contributed by atoms with Gasteiger partial charge >= 0.3 is 0 Å². The van der Waals surface area contributed by atoms with E-state index in [0.29, 0.717) is 18.0 Å². The minimum atomic E-state index is -0.371. The number of aromatic nitrogens is 1. The molecule has 4 rings (SSSR count). The molecule has 7 heteroatoms. The van der Waals surface area contributed by atoms with Gasteiger partial charge in [0.2, 0.25) is 0 Å². The lowest BCUT2D eigenvalue weighted by Crippen LogP contribution is -2.53. The molecule has 112 valence electrons. The molecule has 0 bridgehead atoms. The van der Waals surface area contributed by atoms with Gasteiger partial charge in [0.1, 0.15) is 4.83 Å². The number of nitrogens with zero attached hydrogens (tertiary/aromatic N) is 2. The lowest BCUT2D eigenvalue weighted by molar-refractivity contribution is 0.00623. The van der Waals surface area contributed by atoms with Gasteiger partial charge in [0.05, 0.1) is 15.7 Å². The van der Waals surface area contributed by atoms with Gasteiger partial charge in [-0.1, -0.05) is 29.5 Å². The highest BCUT2D eigenvalue weighted by Gasteiger charge is 2.30. The Labute approximate surface area is 134 Å². The van der Waals surface area contributed by atoms with Gasteiger partial charge in [-0.3, -0.25) is 4.79 Å². The van der Waals surface area contributed by atoms with Crippen LogP contribution < -0.4 is 5.32 Å². The third kappa shape index (κ3) is 2.47. The molecule has 0 spiro atoms. The number of rotatable bonds is 3. The maximum Gasteiger partial charge on any atom is 0.264 e. The number of β-amino-alcohol motifs (C(OH)–C–C–N with tert-alkyl or cyclic N) is 1. The van der Waals surface area contributed by atoms with Crippen molar-refractivity contribution >= 4 is 48.9 Å². The van der Waals surface area contributed by atoms with Crippen LogP contribution in [0.1, 0.15) is 9.67 Å². The Bertz CT molecular complexity index is 790. The highest BCUT2D eigenvalue weighted by molar-refractivity contribution is 7.29. The fourth-order valence-corrected chi connectivity index (χ4v) is 4.42. The fourth-order valence-electron chi connectivity index (χ4n) is 2.32. The molecule has 2 aromatic heterocycles. The van der Waals surface area contributed by atoms with E-state index in [9.17, 15) is 9.90 Å². The van der Waals surface area contributed by atoms with Crippen molar-refractivity contribution in [1.82, 2.24) is 9.88 Å². The Morgan fingerprint density at radius 2 is 2.05 bits per heavy atom. The minimum Gasteiger partial charge on any atom is -0.389 e. The van der Waals surface area contributed by atoms with Crippen molar-refractivity contribution in [3.63, 3.8) is 0 Å². The summed E-state index contributed by atoms with van der Waals surface area (Å²) in [5, 5.41) is 13.4. The number of para-hydroxylation sites is 1. The second kappa shape index (κ2) is 5.35. The first kappa shape index (κ1) is 13.7. The average molecular weight is 331 g/mol. The first-order valence-electron chi connectivity index (χ1n) is 6.89. The van der Waals surface area contributed by atoms with Crippen LogP contribution in [-0.2, 0) is 0 Å². The molecule has 1 amide bonds. The van der Waals surface area contributed by atoms with E-state index >= 15 is 0 Å². The minimum absolute atomic E-state index is 0.0157. The first-order valence-corrected chi connectivity index (χ1v) is 8.52. The molecule has 1 saturated heterocycles. The number of aliphatic hydroxyl groups excluding tert-OH is 1. The number of nitrogens with one attached hydrogen (secondary N) is 1. The summed E-state index contributed by atoms with van der Waals surface area (Å²) in [6.45, 7) is 0.858. The number of likely N-dealkylation sites (tertiary alicyclic amines) is 1. The summed E-state index contributed by atoms with van der Waals surface area (Å²) in [6.07, 6.45) is -0.371. The van der Waals surface area contributed by atoms with Crippen LogP contribution in [0.5, 0.6) is 0 Å². The maximum atomic E-state index is 12.2. The molecule has 0 unspecified atom stereocenters. The van der Waals surface area contributed by atoms with Crippen molar-refractivity contribution in [2.24, 2.45) is 0 Å². The van der Waals surface area contributed by atoms with Crippen LogP contribution in [0.2, 0.25) is 0 Å². The second-order valence-corrected chi connectivity index (χ2v) is 7.22. The van der Waals surface area contributed by atoms with Gasteiger partial charge in [-0.05, 0) is 18.2 Å². The summed E-state index contributed by atoms with van der Waals surface area (Å²) >= 11 is 2.94. The number of carbonyl (C=O) groups is 1. The predicted octanol–water partition coefficient (Wildman–Crippen LogP) is 2.92. The highest BCUT2D eigenvalue weighted by Crippen LogP contribution is 2.35. The van der Waals surface area contributed by atoms with Gasteiger partial charge in [-0.25, -0.2) is 4.98 Å². The quantitative estimate of drug-likeness (QED) is 0.774. The summed E-state index contributed by atoms with van der Waals surface area (Å²) in [5.41, 5.74) is 0.995. The summed E-state index contributed by atoms with van der Waals surface area (Å²) in [4.78, 5) is 19.9. The molecule has 22 heavy (non-hydrogen) atoms. The Hall–Kier alpha value is -1.96. The summed E-state index contributed by atoms with van der Waals surface area (Å²) in [7, 11) is 0. The number of anilines is 2. The number of carbonyl (C=O) groups excluding carboxylic acids is 1. The first-order chi connectivity index (χ1) is 10.7. The molecule has 5 nitrogen and oxygen atoms in total. The zero-order chi connectivity index (χ0) is 15.1. The molecular weight excluding hydrogens is 318 g/mol. The van der Waals surface area contributed by atoms with Gasteiger partial charge < -0.3 is 15.3 Å². The summed E-state index contributed by atoms with van der Waals surface area (Å²) in [5.74, 6) is -0.0157. The van der Waals surface area contributed by atoms with Crippen LogP contribution in [-0.4, -0.2) is 40.1 Å². The number of hydrogen-bond acceptors (Lipinski definition) is 6. The number of thiophene rings is 1. The smallest absolute Gasteiger partial charge is 0.264 e. The maximum absolute atomic E-state index is 12.2. The summed E-state index contributed by atoms with van der Waals surface area (Å²) in [6, 6.07) is 11.8. The SMILES string of the molecule is O=C(c1cc2sc(Nc3ccccc3)nc2s1)N1CC(O)C1. The third-order valence-corrected chi connectivity index (χ3v) is 5.54. The molecule has 1 aliphatic rings. The van der Waals surface area contributed by atoms with Crippen LogP contribution in [0.15, 0.2) is 36.4 Å². The van der Waals surface area contributed by atoms with Crippen LogP contribution in [0.25, 0.3) is 9.53 Å². The predicted molar refractivity (Wildman–Crippen MR) is 89.1 cm³/mol. The lowest BCUT2D eigenvalue weighted by atomic mass is 10.1. The topological polar surface area (TPSA) is 65.5 Å². The Morgan fingerprint density at radius 1 is 1.27 bits per heavy atom. The van der Waals surface area contributed by atoms with E-state index in [4.69, 9.17) is 0 Å². The van der Waals surface area contributed by atoms with E-state index in [1.54, 1.807) is 4.90 Å². The lowest BCUT2D eigenvalue weighted by Gasteiger charge is -2.35. The average Bonchev–Trinajstić information content (AvgIpc) is 3.02. The van der Waals surface area contributed by atoms with Crippen molar-refractivity contribution in [2.45, 2.75) is 6.10 Å². The van der Waals surface area contributed by atoms with E-state index in [1.807, 2.05) is 36.4 Å². The van der Waals surface area contributed by atoms with E-state index in [-0.39, 0.29) is 12.0 Å². The number of aliphatic hydroxyl groups is 1. The molecule has 3 heterocycles. The van der Waals surface area contributed by atoms with Crippen LogP contribution in [0, 0.1) is 0 Å². The molecule has 1 aromatic carbocycles. The van der Waals surface area contributed by atoms with E-state index in [2.05, 4.69) is 10.3 Å². The van der Waals surface area contributed by atoms with Crippen LogP contribution >= 0.6 is 22.7 Å². The van der Waals surface area contributed by atoms with Crippen molar-refractivity contribution < 1.29 is 9.90 Å². The molecule has 2 N–H and O–H groups in total. The van der Waals surface area contributed by atoms with Gasteiger partial charge in [0.15, 0.2) is 5.13 Å². The third-order valence-electron chi connectivity index (χ3n) is 3.47. The summed E-state index contributed by atoms with van der Waals surface area (Å²) < 4.78 is 1.01. The molecule has 0 saturated carbocycles. The molecule has 0 radical (unpaired) electrons. The molecule has 3 aromatic rings. The zero-order valence-corrected chi connectivity index (χ0v) is 13.2. The molecular formula is C15H13N3O2S2. The number of thiazole rings is 1. The van der Waals surface area contributed by atoms with Crippen LogP contribution in [0.3, 0.4) is 0 Å². The molecule has 1 fully saturated rings. The van der Waals surface area contributed by atoms with Gasteiger partial charge in [-0.15, -0.1) is 11.3 Å². The number of benzene rings is 1. The van der Waals surface area contributed by atoms with Crippen LogP contribution in [0.4, 0.5) is 10.8 Å². The largest absolute Gasteiger partial charge is 0.389 e. The second-order valence-electron chi connectivity index (χ2n) is 5.15. The van der Waals surface area contributed by atoms with Gasteiger partial charge in [-0.2, -0.15) is 0 Å². The van der Waals surface area contributed by atoms with Crippen molar-refractivity contribution in [3.8, 4) is 0 Å². The van der Waals surface area contributed by atoms with E-state index < -0.39 is 0 Å². The molecule has 0 atom stereocenters. The molecule has 0 aliphatic carbocycles. The standard InChI is InChI=1S/C15H13N3O2S2/c19-10-7-18(8-10)14(20)12-6-11-13(21-12)17-15(22-11)16-9-4-2-1-3-5-9/h1-6,10,19H,7-8H2,(H,16,17). The fraction of sp³-hybridized carbons (Fsp3) is 0.200. The van der Waals surface area contributed by atoms with E-state index in [0.717, 1.165) is 20.3 Å².